The van der Waals surface area contributed by atoms with Crippen LogP contribution in [0.25, 0.3) is 0 Å². The third kappa shape index (κ3) is 3.10. The second-order valence-corrected chi connectivity index (χ2v) is 4.05. The Kier molecular flexibility index (Phi) is 3.41. The molecular weight excluding hydrogens is 184 g/mol. The average molecular weight is 202 g/mol. The Bertz CT molecular complexity index is 327. The molecule has 2 rings (SSSR count). The van der Waals surface area contributed by atoms with Crippen LogP contribution in [0.5, 0.6) is 0 Å². The van der Waals surface area contributed by atoms with Gasteiger partial charge in [-0.05, 0) is 30.5 Å². The molecule has 1 aromatic rings. The highest BCUT2D eigenvalue weighted by atomic mass is 15.1. The number of hydrogen-bond donors (Lipinski definition) is 1. The largest absolute Gasteiger partial charge is 0.399 e. The molecule has 1 aliphatic heterocycles. The van der Waals surface area contributed by atoms with E-state index >= 15 is 0 Å². The van der Waals surface area contributed by atoms with E-state index in [2.05, 4.69) is 29.2 Å². The van der Waals surface area contributed by atoms with Gasteiger partial charge in [-0.1, -0.05) is 24.3 Å². The first-order valence-corrected chi connectivity index (χ1v) is 5.56. The minimum Gasteiger partial charge on any atom is -0.399 e. The zero-order chi connectivity index (χ0) is 10.5. The second-order valence-electron chi connectivity index (χ2n) is 4.05. The molecule has 1 aromatic carbocycles. The van der Waals surface area contributed by atoms with Crippen LogP contribution in [0.3, 0.4) is 0 Å². The summed E-state index contributed by atoms with van der Waals surface area (Å²) in [6, 6.07) is 8.20. The van der Waals surface area contributed by atoms with Crippen molar-refractivity contribution in [2.75, 3.05) is 25.4 Å². The van der Waals surface area contributed by atoms with Crippen molar-refractivity contribution in [2.24, 2.45) is 0 Å². The van der Waals surface area contributed by atoms with Crippen molar-refractivity contribution in [1.82, 2.24) is 4.90 Å². The van der Waals surface area contributed by atoms with Crippen LogP contribution in [-0.2, 0) is 6.42 Å². The van der Waals surface area contributed by atoms with Crippen LogP contribution in [0.1, 0.15) is 12.0 Å². The van der Waals surface area contributed by atoms with Gasteiger partial charge in [-0.3, -0.25) is 4.90 Å². The molecule has 0 aliphatic carbocycles. The number of anilines is 1. The maximum atomic E-state index is 5.65. The lowest BCUT2D eigenvalue weighted by Gasteiger charge is -2.22. The lowest BCUT2D eigenvalue weighted by Crippen LogP contribution is -2.29. The fraction of sp³-hybridized carbons (Fsp3) is 0.385. The van der Waals surface area contributed by atoms with E-state index in [1.54, 1.807) is 0 Å². The van der Waals surface area contributed by atoms with Crippen molar-refractivity contribution in [3.63, 3.8) is 0 Å². The molecule has 15 heavy (non-hydrogen) atoms. The van der Waals surface area contributed by atoms with Crippen molar-refractivity contribution in [2.45, 2.75) is 12.8 Å². The van der Waals surface area contributed by atoms with Crippen LogP contribution in [-0.4, -0.2) is 24.5 Å². The fourth-order valence-electron chi connectivity index (χ4n) is 1.86. The van der Waals surface area contributed by atoms with Crippen molar-refractivity contribution in [3.8, 4) is 0 Å². The Morgan fingerprint density at radius 3 is 2.60 bits per heavy atom. The maximum Gasteiger partial charge on any atom is 0.0314 e. The summed E-state index contributed by atoms with van der Waals surface area (Å²) in [5.74, 6) is 0. The van der Waals surface area contributed by atoms with Gasteiger partial charge in [0.1, 0.15) is 0 Å². The van der Waals surface area contributed by atoms with Crippen LogP contribution < -0.4 is 5.73 Å². The van der Waals surface area contributed by atoms with Gasteiger partial charge in [0.05, 0.1) is 0 Å². The molecule has 2 heteroatoms. The normalized spacial score (nSPS) is 16.8. The molecule has 2 N–H and O–H groups in total. The predicted octanol–water partition coefficient (Wildman–Crippen LogP) is 2.07. The topological polar surface area (TPSA) is 29.3 Å². The molecule has 0 atom stereocenters. The first-order chi connectivity index (χ1) is 7.34. The van der Waals surface area contributed by atoms with Gasteiger partial charge in [0.2, 0.25) is 0 Å². The Balaban J connectivity index is 1.82. The van der Waals surface area contributed by atoms with Crippen molar-refractivity contribution in [3.05, 3.63) is 42.0 Å². The summed E-state index contributed by atoms with van der Waals surface area (Å²) in [6.07, 6.45) is 6.84. The smallest absolute Gasteiger partial charge is 0.0314 e. The molecule has 0 radical (unpaired) electrons. The van der Waals surface area contributed by atoms with Gasteiger partial charge in [0, 0.05) is 25.3 Å². The third-order valence-electron chi connectivity index (χ3n) is 2.84. The third-order valence-corrected chi connectivity index (χ3v) is 2.84. The minimum atomic E-state index is 0.847. The molecule has 2 nitrogen and oxygen atoms in total. The Labute approximate surface area is 91.4 Å². The quantitative estimate of drug-likeness (QED) is 0.600. The lowest BCUT2D eigenvalue weighted by atomic mass is 10.1. The molecule has 0 amide bonds. The first kappa shape index (κ1) is 10.2. The highest BCUT2D eigenvalue weighted by Gasteiger charge is 2.05. The standard InChI is InChI=1S/C13H18N2/c14-13-6-4-12(5-7-13)8-11-15-9-2-1-3-10-15/h1-2,4-7H,3,8-11,14H2. The SMILES string of the molecule is Nc1ccc(CCN2CC=CCC2)cc1. The summed E-state index contributed by atoms with van der Waals surface area (Å²) < 4.78 is 0. The van der Waals surface area contributed by atoms with Gasteiger partial charge in [-0.15, -0.1) is 0 Å². The number of hydrogen-bond acceptors (Lipinski definition) is 2. The molecular formula is C13H18N2. The number of rotatable bonds is 3. The summed E-state index contributed by atoms with van der Waals surface area (Å²) in [5.41, 5.74) is 7.87. The van der Waals surface area contributed by atoms with Crippen LogP contribution in [0.15, 0.2) is 36.4 Å². The van der Waals surface area contributed by atoms with E-state index < -0.39 is 0 Å². The van der Waals surface area contributed by atoms with Crippen LogP contribution >= 0.6 is 0 Å². The summed E-state index contributed by atoms with van der Waals surface area (Å²) in [7, 11) is 0. The minimum absolute atomic E-state index is 0.847. The first-order valence-electron chi connectivity index (χ1n) is 5.56. The summed E-state index contributed by atoms with van der Waals surface area (Å²) >= 11 is 0. The van der Waals surface area contributed by atoms with E-state index in [1.165, 1.54) is 18.5 Å². The molecule has 0 unspecified atom stereocenters. The molecule has 0 saturated carbocycles. The number of nitrogen functional groups attached to an aromatic ring is 1. The molecule has 0 spiro atoms. The van der Waals surface area contributed by atoms with Gasteiger partial charge in [-0.25, -0.2) is 0 Å². The van der Waals surface area contributed by atoms with E-state index in [9.17, 15) is 0 Å². The highest BCUT2D eigenvalue weighted by molar-refractivity contribution is 5.39. The fourth-order valence-corrected chi connectivity index (χ4v) is 1.86. The van der Waals surface area contributed by atoms with Gasteiger partial charge >= 0.3 is 0 Å². The number of benzene rings is 1. The molecule has 0 bridgehead atoms. The van der Waals surface area contributed by atoms with E-state index in [1.807, 2.05) is 12.1 Å². The van der Waals surface area contributed by atoms with E-state index in [4.69, 9.17) is 5.73 Å². The average Bonchev–Trinajstić information content (AvgIpc) is 2.30. The highest BCUT2D eigenvalue weighted by Crippen LogP contribution is 2.08. The molecule has 0 fully saturated rings. The van der Waals surface area contributed by atoms with Gasteiger partial charge < -0.3 is 5.73 Å². The Hall–Kier alpha value is -1.28. The molecule has 1 aliphatic rings. The predicted molar refractivity (Wildman–Crippen MR) is 64.8 cm³/mol. The van der Waals surface area contributed by atoms with Gasteiger partial charge in [-0.2, -0.15) is 0 Å². The Morgan fingerprint density at radius 1 is 1.13 bits per heavy atom. The Morgan fingerprint density at radius 2 is 1.93 bits per heavy atom. The maximum absolute atomic E-state index is 5.65. The van der Waals surface area contributed by atoms with E-state index in [0.29, 0.717) is 0 Å². The molecule has 80 valence electrons. The molecule has 0 aromatic heterocycles. The van der Waals surface area contributed by atoms with E-state index in [-0.39, 0.29) is 0 Å². The van der Waals surface area contributed by atoms with Crippen molar-refractivity contribution in [1.29, 1.82) is 0 Å². The summed E-state index contributed by atoms with van der Waals surface area (Å²) in [4.78, 5) is 2.48. The van der Waals surface area contributed by atoms with Crippen LogP contribution in [0.4, 0.5) is 5.69 Å². The molecule has 0 saturated heterocycles. The van der Waals surface area contributed by atoms with Crippen molar-refractivity contribution >= 4 is 5.69 Å². The monoisotopic (exact) mass is 202 g/mol. The number of nitrogens with zero attached hydrogens (tertiary/aromatic N) is 1. The summed E-state index contributed by atoms with van der Waals surface area (Å²) in [6.45, 7) is 3.45. The zero-order valence-corrected chi connectivity index (χ0v) is 9.02. The van der Waals surface area contributed by atoms with Gasteiger partial charge in [0.15, 0.2) is 0 Å². The second kappa shape index (κ2) is 4.99. The van der Waals surface area contributed by atoms with Gasteiger partial charge in [0.25, 0.3) is 0 Å². The lowest BCUT2D eigenvalue weighted by molar-refractivity contribution is 0.302. The zero-order valence-electron chi connectivity index (χ0n) is 9.02. The summed E-state index contributed by atoms with van der Waals surface area (Å²) in [5, 5.41) is 0. The van der Waals surface area contributed by atoms with Crippen LogP contribution in [0.2, 0.25) is 0 Å². The molecule has 1 heterocycles. The van der Waals surface area contributed by atoms with Crippen molar-refractivity contribution < 1.29 is 0 Å². The van der Waals surface area contributed by atoms with Crippen LogP contribution in [0, 0.1) is 0 Å². The van der Waals surface area contributed by atoms with E-state index in [0.717, 1.165) is 25.2 Å². The number of nitrogens with two attached hydrogens (primary N) is 1.